The van der Waals surface area contributed by atoms with Gasteiger partial charge in [0, 0.05) is 53.7 Å². The number of carbonyl (C=O) groups is 1. The van der Waals surface area contributed by atoms with Crippen molar-refractivity contribution in [1.29, 1.82) is 0 Å². The number of fused-ring (bicyclic) bond motifs is 4. The third-order valence-electron chi connectivity index (χ3n) is 7.75. The van der Waals surface area contributed by atoms with E-state index in [0.717, 1.165) is 64.1 Å². The minimum atomic E-state index is -0.764. The second-order valence-electron chi connectivity index (χ2n) is 9.96. The van der Waals surface area contributed by atoms with E-state index in [9.17, 15) is 9.90 Å². The molecule has 0 radical (unpaired) electrons. The Bertz CT molecular complexity index is 1380. The molecule has 2 aromatic carbocycles. The van der Waals surface area contributed by atoms with E-state index >= 15 is 0 Å². The van der Waals surface area contributed by atoms with Crippen LogP contribution in [0.2, 0.25) is 0 Å². The summed E-state index contributed by atoms with van der Waals surface area (Å²) in [6.07, 6.45) is 6.06. The molecule has 180 valence electrons. The van der Waals surface area contributed by atoms with E-state index in [4.69, 9.17) is 0 Å². The SMILES string of the molecule is C=C1N(CCN2CC=CCC2)C(=O)[C@]2(C)Cc3c([nH]c4ccc(Br)cc34)[C@@H](c3cccc(O)c3)N12. The number of phenolic OH excluding ortho intramolecular Hbond substituents is 1. The zero-order chi connectivity index (χ0) is 24.3. The molecule has 0 aliphatic carbocycles. The maximum absolute atomic E-state index is 14.0. The van der Waals surface area contributed by atoms with Crippen LogP contribution in [0.25, 0.3) is 10.9 Å². The Kier molecular flexibility index (Phi) is 5.31. The molecule has 3 aliphatic heterocycles. The number of aromatic nitrogens is 1. The van der Waals surface area contributed by atoms with Crippen molar-refractivity contribution in [2.45, 2.75) is 31.3 Å². The first-order chi connectivity index (χ1) is 16.9. The molecule has 2 N–H and O–H groups in total. The van der Waals surface area contributed by atoms with Crippen LogP contribution in [-0.2, 0) is 11.2 Å². The highest BCUT2D eigenvalue weighted by Gasteiger charge is 2.57. The molecule has 3 aromatic rings. The molecule has 1 aromatic heterocycles. The Labute approximate surface area is 213 Å². The van der Waals surface area contributed by atoms with E-state index in [2.05, 4.69) is 61.6 Å². The van der Waals surface area contributed by atoms with Gasteiger partial charge in [-0.25, -0.2) is 0 Å². The van der Waals surface area contributed by atoms with Gasteiger partial charge in [0.15, 0.2) is 0 Å². The molecule has 0 bridgehead atoms. The molecule has 35 heavy (non-hydrogen) atoms. The highest BCUT2D eigenvalue weighted by Crippen LogP contribution is 2.51. The molecule has 3 aliphatic rings. The molecule has 0 unspecified atom stereocenters. The third kappa shape index (κ3) is 3.52. The van der Waals surface area contributed by atoms with Crippen molar-refractivity contribution in [3.8, 4) is 5.75 Å². The molecular weight excluding hydrogens is 504 g/mol. The lowest BCUT2D eigenvalue weighted by molar-refractivity contribution is -0.133. The molecule has 1 saturated heterocycles. The van der Waals surface area contributed by atoms with Crippen LogP contribution in [0.4, 0.5) is 0 Å². The van der Waals surface area contributed by atoms with Gasteiger partial charge in [-0.3, -0.25) is 14.6 Å². The highest BCUT2D eigenvalue weighted by atomic mass is 79.9. The van der Waals surface area contributed by atoms with E-state index in [1.54, 1.807) is 12.1 Å². The van der Waals surface area contributed by atoms with E-state index in [1.807, 2.05) is 30.0 Å². The van der Waals surface area contributed by atoms with Gasteiger partial charge in [0.2, 0.25) is 0 Å². The molecule has 1 fully saturated rings. The molecule has 0 saturated carbocycles. The van der Waals surface area contributed by atoms with Crippen molar-refractivity contribution in [1.82, 2.24) is 19.7 Å². The zero-order valence-electron chi connectivity index (χ0n) is 19.8. The number of nitrogens with one attached hydrogen (secondary N) is 1. The minimum Gasteiger partial charge on any atom is -0.508 e. The van der Waals surface area contributed by atoms with Gasteiger partial charge in [-0.15, -0.1) is 0 Å². The molecular formula is C28H29BrN4O2. The number of hydrogen-bond acceptors (Lipinski definition) is 4. The van der Waals surface area contributed by atoms with Gasteiger partial charge < -0.3 is 15.0 Å². The Morgan fingerprint density at radius 2 is 2.06 bits per heavy atom. The number of nitrogens with zero attached hydrogens (tertiary/aromatic N) is 3. The first-order valence-electron chi connectivity index (χ1n) is 12.1. The topological polar surface area (TPSA) is 62.8 Å². The van der Waals surface area contributed by atoms with E-state index in [0.29, 0.717) is 13.0 Å². The number of amides is 1. The molecule has 2 atom stereocenters. The Morgan fingerprint density at radius 1 is 1.20 bits per heavy atom. The molecule has 0 spiro atoms. The number of aromatic amines is 1. The molecule has 6 nitrogen and oxygen atoms in total. The first kappa shape index (κ1) is 22.4. The van der Waals surface area contributed by atoms with Gasteiger partial charge in [-0.1, -0.05) is 46.8 Å². The summed E-state index contributed by atoms with van der Waals surface area (Å²) in [4.78, 5) is 24.1. The van der Waals surface area contributed by atoms with Crippen LogP contribution in [-0.4, -0.2) is 62.4 Å². The second kappa shape index (κ2) is 8.28. The van der Waals surface area contributed by atoms with Gasteiger partial charge in [0.25, 0.3) is 5.91 Å². The van der Waals surface area contributed by atoms with Gasteiger partial charge in [0.1, 0.15) is 17.1 Å². The normalized spacial score (nSPS) is 24.3. The summed E-state index contributed by atoms with van der Waals surface area (Å²) in [5.74, 6) is 1.03. The summed E-state index contributed by atoms with van der Waals surface area (Å²) in [7, 11) is 0. The van der Waals surface area contributed by atoms with E-state index in [1.165, 1.54) is 0 Å². The number of halogens is 1. The summed E-state index contributed by atoms with van der Waals surface area (Å²) >= 11 is 3.62. The van der Waals surface area contributed by atoms with E-state index < -0.39 is 5.54 Å². The smallest absolute Gasteiger partial charge is 0.254 e. The molecule has 6 rings (SSSR count). The predicted octanol–water partition coefficient (Wildman–Crippen LogP) is 4.92. The molecule has 4 heterocycles. The van der Waals surface area contributed by atoms with Crippen molar-refractivity contribution in [3.63, 3.8) is 0 Å². The average Bonchev–Trinajstić information content (AvgIpc) is 3.28. The van der Waals surface area contributed by atoms with Crippen LogP contribution in [0, 0.1) is 0 Å². The van der Waals surface area contributed by atoms with Gasteiger partial charge in [-0.2, -0.15) is 0 Å². The van der Waals surface area contributed by atoms with Crippen molar-refractivity contribution in [2.24, 2.45) is 0 Å². The lowest BCUT2D eigenvalue weighted by Gasteiger charge is -2.44. The minimum absolute atomic E-state index is 0.0928. The lowest BCUT2D eigenvalue weighted by atomic mass is 9.81. The predicted molar refractivity (Wildman–Crippen MR) is 141 cm³/mol. The standard InChI is InChI=1S/C28H29BrN4O2/c1-18-32(14-13-31-11-4-3-5-12-31)27(35)28(2)17-23-22-16-20(29)9-10-24(22)30-25(23)26(33(18)28)19-7-6-8-21(34)15-19/h3-4,6-10,15-16,26,30,34H,1,5,11-14,17H2,2H3/t26-,28+/m1/s1. The van der Waals surface area contributed by atoms with Gasteiger partial charge >= 0.3 is 0 Å². The van der Waals surface area contributed by atoms with Crippen molar-refractivity contribution >= 4 is 32.7 Å². The maximum Gasteiger partial charge on any atom is 0.254 e. The monoisotopic (exact) mass is 532 g/mol. The maximum atomic E-state index is 14.0. The highest BCUT2D eigenvalue weighted by molar-refractivity contribution is 9.10. The van der Waals surface area contributed by atoms with Crippen molar-refractivity contribution in [2.75, 3.05) is 26.2 Å². The van der Waals surface area contributed by atoms with Crippen molar-refractivity contribution < 1.29 is 9.90 Å². The quantitative estimate of drug-likeness (QED) is 0.468. The van der Waals surface area contributed by atoms with Crippen LogP contribution < -0.4 is 0 Å². The summed E-state index contributed by atoms with van der Waals surface area (Å²) in [6.45, 7) is 9.85. The van der Waals surface area contributed by atoms with Gasteiger partial charge in [0.05, 0.1) is 6.04 Å². The van der Waals surface area contributed by atoms with Crippen LogP contribution in [0.15, 0.2) is 71.5 Å². The molecule has 1 amide bonds. The number of H-pyrrole nitrogens is 1. The second-order valence-corrected chi connectivity index (χ2v) is 10.9. The van der Waals surface area contributed by atoms with Crippen LogP contribution >= 0.6 is 15.9 Å². The fourth-order valence-corrected chi connectivity index (χ4v) is 6.40. The fourth-order valence-electron chi connectivity index (χ4n) is 6.03. The number of aromatic hydroxyl groups is 1. The lowest BCUT2D eigenvalue weighted by Crippen LogP contribution is -2.52. The summed E-state index contributed by atoms with van der Waals surface area (Å²) < 4.78 is 1.01. The number of rotatable bonds is 4. The fraction of sp³-hybridized carbons (Fsp3) is 0.321. The third-order valence-corrected chi connectivity index (χ3v) is 8.24. The van der Waals surface area contributed by atoms with E-state index in [-0.39, 0.29) is 17.7 Å². The number of phenols is 1. The average molecular weight is 533 g/mol. The number of carbonyl (C=O) groups excluding carboxylic acids is 1. The summed E-state index contributed by atoms with van der Waals surface area (Å²) in [6, 6.07) is 13.3. The Balaban J connectivity index is 1.45. The first-order valence-corrected chi connectivity index (χ1v) is 12.9. The Morgan fingerprint density at radius 3 is 2.83 bits per heavy atom. The summed E-state index contributed by atoms with van der Waals surface area (Å²) in [5, 5.41) is 11.4. The van der Waals surface area contributed by atoms with Crippen molar-refractivity contribution in [3.05, 3.63) is 88.3 Å². The number of benzene rings is 2. The van der Waals surface area contributed by atoms with Crippen LogP contribution in [0.3, 0.4) is 0 Å². The van der Waals surface area contributed by atoms with Gasteiger partial charge in [-0.05, 0) is 54.8 Å². The number of hydrogen-bond donors (Lipinski definition) is 2. The Hall–Kier alpha value is -3.03. The van der Waals surface area contributed by atoms with Crippen LogP contribution in [0.5, 0.6) is 5.75 Å². The van der Waals surface area contributed by atoms with Crippen LogP contribution in [0.1, 0.15) is 36.2 Å². The largest absolute Gasteiger partial charge is 0.508 e. The summed E-state index contributed by atoms with van der Waals surface area (Å²) in [5.41, 5.74) is 3.41. The molecule has 7 heteroatoms. The zero-order valence-corrected chi connectivity index (χ0v) is 21.4.